The van der Waals surface area contributed by atoms with Crippen LogP contribution in [0.2, 0.25) is 0 Å². The van der Waals surface area contributed by atoms with Gasteiger partial charge in [-0.1, -0.05) is 0 Å². The maximum atomic E-state index is 11.9. The highest BCUT2D eigenvalue weighted by molar-refractivity contribution is 6.00. The van der Waals surface area contributed by atoms with Crippen LogP contribution in [-0.2, 0) is 7.05 Å². The number of nitrogens with zero attached hydrogens (tertiary/aromatic N) is 1. The lowest BCUT2D eigenvalue weighted by molar-refractivity contribution is 0.101. The largest absolute Gasteiger partial charge is 0.496 e. The van der Waals surface area contributed by atoms with Gasteiger partial charge in [-0.3, -0.25) is 9.59 Å². The first-order valence-corrected chi connectivity index (χ1v) is 5.65. The molecule has 0 N–H and O–H groups in total. The fraction of sp³-hybridized carbons (Fsp3) is 0.286. The summed E-state index contributed by atoms with van der Waals surface area (Å²) in [6.45, 7) is 3.26. The average Bonchev–Trinajstić information content (AvgIpc) is 2.35. The van der Waals surface area contributed by atoms with E-state index in [4.69, 9.17) is 4.74 Å². The molecule has 0 fully saturated rings. The standard InChI is InChI=1S/C14H15NO3/c1-8-5-11-12(15(3)14(8)17)6-10(9(2)16)7-13(11)18-4/h5-7H,1-4H3. The number of rotatable bonds is 2. The zero-order valence-electron chi connectivity index (χ0n) is 10.9. The van der Waals surface area contributed by atoms with Crippen LogP contribution in [0, 0.1) is 6.92 Å². The van der Waals surface area contributed by atoms with Gasteiger partial charge in [-0.05, 0) is 32.0 Å². The molecule has 2 rings (SSSR count). The van der Waals surface area contributed by atoms with Crippen LogP contribution in [0.3, 0.4) is 0 Å². The summed E-state index contributed by atoms with van der Waals surface area (Å²) in [5.41, 5.74) is 1.83. The number of ketones is 1. The van der Waals surface area contributed by atoms with E-state index in [1.165, 1.54) is 6.92 Å². The van der Waals surface area contributed by atoms with E-state index >= 15 is 0 Å². The van der Waals surface area contributed by atoms with Crippen LogP contribution in [0.5, 0.6) is 5.75 Å². The molecule has 18 heavy (non-hydrogen) atoms. The monoisotopic (exact) mass is 245 g/mol. The van der Waals surface area contributed by atoms with Gasteiger partial charge in [0.25, 0.3) is 5.56 Å². The SMILES string of the molecule is COc1cc(C(C)=O)cc2c1cc(C)c(=O)n2C. The minimum absolute atomic E-state index is 0.0526. The van der Waals surface area contributed by atoms with E-state index in [2.05, 4.69) is 0 Å². The number of pyridine rings is 1. The number of ether oxygens (including phenoxy) is 1. The van der Waals surface area contributed by atoms with Gasteiger partial charge in [0.05, 0.1) is 12.6 Å². The summed E-state index contributed by atoms with van der Waals surface area (Å²) in [6, 6.07) is 5.22. The highest BCUT2D eigenvalue weighted by Gasteiger charge is 2.11. The maximum Gasteiger partial charge on any atom is 0.253 e. The molecule has 0 atom stereocenters. The summed E-state index contributed by atoms with van der Waals surface area (Å²) in [5.74, 6) is 0.555. The summed E-state index contributed by atoms with van der Waals surface area (Å²) in [6.07, 6.45) is 0. The predicted molar refractivity (Wildman–Crippen MR) is 70.5 cm³/mol. The molecule has 94 valence electrons. The molecular formula is C14H15NO3. The molecule has 2 aromatic rings. The molecular weight excluding hydrogens is 230 g/mol. The summed E-state index contributed by atoms with van der Waals surface area (Å²) < 4.78 is 6.84. The number of aryl methyl sites for hydroxylation is 2. The van der Waals surface area contributed by atoms with E-state index in [0.29, 0.717) is 22.4 Å². The Morgan fingerprint density at radius 1 is 1.28 bits per heavy atom. The Kier molecular flexibility index (Phi) is 2.95. The highest BCUT2D eigenvalue weighted by atomic mass is 16.5. The lowest BCUT2D eigenvalue weighted by atomic mass is 10.1. The molecule has 0 spiro atoms. The van der Waals surface area contributed by atoms with Crippen LogP contribution in [-0.4, -0.2) is 17.5 Å². The summed E-state index contributed by atoms with van der Waals surface area (Å²) in [5, 5.41) is 0.835. The fourth-order valence-electron chi connectivity index (χ4n) is 2.06. The van der Waals surface area contributed by atoms with Crippen LogP contribution >= 0.6 is 0 Å². The normalized spacial score (nSPS) is 10.7. The van der Waals surface area contributed by atoms with Crippen LogP contribution in [0.25, 0.3) is 10.9 Å². The first-order chi connectivity index (χ1) is 8.45. The molecule has 0 aliphatic heterocycles. The predicted octanol–water partition coefficient (Wildman–Crippen LogP) is 2.06. The number of benzene rings is 1. The minimum atomic E-state index is -0.0646. The van der Waals surface area contributed by atoms with E-state index < -0.39 is 0 Å². The van der Waals surface area contributed by atoms with E-state index in [0.717, 1.165) is 5.39 Å². The van der Waals surface area contributed by atoms with E-state index in [9.17, 15) is 9.59 Å². The number of Topliss-reactive ketones (excluding diaryl/α,β-unsaturated/α-hetero) is 1. The van der Waals surface area contributed by atoms with Gasteiger partial charge in [-0.25, -0.2) is 0 Å². The number of methoxy groups -OCH3 is 1. The van der Waals surface area contributed by atoms with Crippen molar-refractivity contribution >= 4 is 16.7 Å². The second-order valence-corrected chi connectivity index (χ2v) is 4.36. The molecule has 1 heterocycles. The van der Waals surface area contributed by atoms with Crippen molar-refractivity contribution in [2.75, 3.05) is 7.11 Å². The van der Waals surface area contributed by atoms with Gasteiger partial charge in [0.15, 0.2) is 5.78 Å². The smallest absolute Gasteiger partial charge is 0.253 e. The van der Waals surface area contributed by atoms with Gasteiger partial charge in [0.2, 0.25) is 0 Å². The first-order valence-electron chi connectivity index (χ1n) is 5.65. The lowest BCUT2D eigenvalue weighted by Crippen LogP contribution is -2.19. The van der Waals surface area contributed by atoms with Gasteiger partial charge in [0.1, 0.15) is 5.75 Å². The van der Waals surface area contributed by atoms with Crippen LogP contribution in [0.1, 0.15) is 22.8 Å². The minimum Gasteiger partial charge on any atom is -0.496 e. The molecule has 0 amide bonds. The lowest BCUT2D eigenvalue weighted by Gasteiger charge is -2.11. The van der Waals surface area contributed by atoms with Crippen molar-refractivity contribution in [3.05, 3.63) is 39.7 Å². The highest BCUT2D eigenvalue weighted by Crippen LogP contribution is 2.27. The van der Waals surface area contributed by atoms with Crippen molar-refractivity contribution in [2.45, 2.75) is 13.8 Å². The second-order valence-electron chi connectivity index (χ2n) is 4.36. The van der Waals surface area contributed by atoms with Crippen molar-refractivity contribution < 1.29 is 9.53 Å². The molecule has 0 aliphatic rings. The Labute approximate surface area is 105 Å². The molecule has 0 unspecified atom stereocenters. The second kappa shape index (κ2) is 4.29. The van der Waals surface area contributed by atoms with Crippen molar-refractivity contribution in [2.24, 2.45) is 7.05 Å². The average molecular weight is 245 g/mol. The third-order valence-electron chi connectivity index (χ3n) is 3.11. The Hall–Kier alpha value is -2.10. The summed E-state index contributed by atoms with van der Waals surface area (Å²) in [4.78, 5) is 23.4. The summed E-state index contributed by atoms with van der Waals surface area (Å²) in [7, 11) is 3.25. The number of carbonyl (C=O) groups is 1. The van der Waals surface area contributed by atoms with Gasteiger partial charge in [0, 0.05) is 23.6 Å². The van der Waals surface area contributed by atoms with E-state index in [-0.39, 0.29) is 11.3 Å². The van der Waals surface area contributed by atoms with Crippen molar-refractivity contribution in [1.29, 1.82) is 0 Å². The fourth-order valence-corrected chi connectivity index (χ4v) is 2.06. The van der Waals surface area contributed by atoms with Crippen molar-refractivity contribution in [3.8, 4) is 5.75 Å². The number of fused-ring (bicyclic) bond motifs is 1. The number of hydrogen-bond donors (Lipinski definition) is 0. The molecule has 4 heteroatoms. The molecule has 0 saturated heterocycles. The topological polar surface area (TPSA) is 48.3 Å². The zero-order valence-corrected chi connectivity index (χ0v) is 10.9. The molecule has 0 saturated carbocycles. The molecule has 0 radical (unpaired) electrons. The van der Waals surface area contributed by atoms with Crippen LogP contribution in [0.4, 0.5) is 0 Å². The van der Waals surface area contributed by atoms with Crippen molar-refractivity contribution in [1.82, 2.24) is 4.57 Å². The van der Waals surface area contributed by atoms with Gasteiger partial charge >= 0.3 is 0 Å². The Balaban J connectivity index is 2.97. The quantitative estimate of drug-likeness (QED) is 0.761. The summed E-state index contributed by atoms with van der Waals surface area (Å²) >= 11 is 0. The molecule has 1 aromatic carbocycles. The Bertz CT molecular complexity index is 698. The maximum absolute atomic E-state index is 11.9. The third-order valence-corrected chi connectivity index (χ3v) is 3.11. The van der Waals surface area contributed by atoms with E-state index in [1.807, 2.05) is 0 Å². The number of hydrogen-bond acceptors (Lipinski definition) is 3. The van der Waals surface area contributed by atoms with Crippen LogP contribution in [0.15, 0.2) is 23.0 Å². The molecule has 0 bridgehead atoms. The Morgan fingerprint density at radius 2 is 1.94 bits per heavy atom. The zero-order chi connectivity index (χ0) is 13.4. The molecule has 4 nitrogen and oxygen atoms in total. The third kappa shape index (κ3) is 1.79. The van der Waals surface area contributed by atoms with Crippen molar-refractivity contribution in [3.63, 3.8) is 0 Å². The molecule has 0 aliphatic carbocycles. The number of aromatic nitrogens is 1. The van der Waals surface area contributed by atoms with Crippen LogP contribution < -0.4 is 10.3 Å². The Morgan fingerprint density at radius 3 is 2.50 bits per heavy atom. The van der Waals surface area contributed by atoms with Gasteiger partial charge < -0.3 is 9.30 Å². The molecule has 1 aromatic heterocycles. The van der Waals surface area contributed by atoms with Gasteiger partial charge in [-0.2, -0.15) is 0 Å². The van der Waals surface area contributed by atoms with E-state index in [1.54, 1.807) is 43.8 Å². The number of carbonyl (C=O) groups excluding carboxylic acids is 1. The van der Waals surface area contributed by atoms with Gasteiger partial charge in [-0.15, -0.1) is 0 Å². The first kappa shape index (κ1) is 12.4.